The summed E-state index contributed by atoms with van der Waals surface area (Å²) in [6.07, 6.45) is 4.11. The smallest absolute Gasteiger partial charge is 0.128 e. The molecule has 2 aromatic heterocycles. The quantitative estimate of drug-likeness (QED) is 0.184. The Morgan fingerprint density at radius 2 is 1.68 bits per heavy atom. The van der Waals surface area contributed by atoms with Crippen LogP contribution < -0.4 is 15.4 Å². The van der Waals surface area contributed by atoms with Crippen molar-refractivity contribution in [1.29, 1.82) is 0 Å². The van der Waals surface area contributed by atoms with Crippen molar-refractivity contribution in [3.05, 3.63) is 65.9 Å². The summed E-state index contributed by atoms with van der Waals surface area (Å²) in [5.41, 5.74) is 7.72. The van der Waals surface area contributed by atoms with Crippen LogP contribution in [0.1, 0.15) is 57.7 Å². The van der Waals surface area contributed by atoms with Gasteiger partial charge in [0.2, 0.25) is 0 Å². The predicted molar refractivity (Wildman–Crippen MR) is 154 cm³/mol. The number of imidazole rings is 2. The van der Waals surface area contributed by atoms with Crippen LogP contribution in [0.15, 0.2) is 48.7 Å². The van der Waals surface area contributed by atoms with E-state index in [-0.39, 0.29) is 0 Å². The normalized spacial score (nSPS) is 14.3. The van der Waals surface area contributed by atoms with Crippen molar-refractivity contribution >= 4 is 21.8 Å². The molecule has 4 N–H and O–H groups in total. The van der Waals surface area contributed by atoms with E-state index in [1.54, 1.807) is 0 Å². The molecule has 3 heterocycles. The van der Waals surface area contributed by atoms with Crippen LogP contribution in [0.2, 0.25) is 0 Å². The van der Waals surface area contributed by atoms with Gasteiger partial charge in [-0.15, -0.1) is 0 Å². The van der Waals surface area contributed by atoms with Gasteiger partial charge >= 0.3 is 0 Å². The number of hydrogen-bond donors (Lipinski definition) is 4. The molecule has 0 unspecified atom stereocenters. The second kappa shape index (κ2) is 10.2. The number of H-pyrrole nitrogens is 2. The van der Waals surface area contributed by atoms with Gasteiger partial charge in [0.15, 0.2) is 0 Å². The van der Waals surface area contributed by atoms with Crippen LogP contribution >= 0.6 is 0 Å². The summed E-state index contributed by atoms with van der Waals surface area (Å²) in [5.74, 6) is 2.82. The Hall–Kier alpha value is -3.68. The first kappa shape index (κ1) is 24.6. The Kier molecular flexibility index (Phi) is 6.64. The van der Waals surface area contributed by atoms with Crippen molar-refractivity contribution in [3.8, 4) is 28.1 Å². The average molecular weight is 509 g/mol. The van der Waals surface area contributed by atoms with E-state index in [4.69, 9.17) is 9.72 Å². The summed E-state index contributed by atoms with van der Waals surface area (Å²) in [7, 11) is 0. The lowest BCUT2D eigenvalue weighted by atomic mass is 9.92. The molecule has 0 aliphatic carbocycles. The Morgan fingerprint density at radius 3 is 2.47 bits per heavy atom. The van der Waals surface area contributed by atoms with Crippen molar-refractivity contribution in [2.24, 2.45) is 0 Å². The SMILES string of the molecule is CC[C@H](C)NCc1ncc(-c2ccc3c(c2)COc2cc4c(ccc5[nH]c(CN[C@@H](C)CC)nc54)cc2-3)[nH]1. The maximum atomic E-state index is 6.29. The first-order chi connectivity index (χ1) is 18.5. The topological polar surface area (TPSA) is 90.7 Å². The van der Waals surface area contributed by atoms with Crippen LogP contribution in [-0.4, -0.2) is 32.0 Å². The number of fused-ring (bicyclic) bond motifs is 6. The van der Waals surface area contributed by atoms with E-state index in [0.717, 1.165) is 82.0 Å². The van der Waals surface area contributed by atoms with E-state index in [1.807, 2.05) is 6.20 Å². The Labute approximate surface area is 223 Å². The molecule has 38 heavy (non-hydrogen) atoms. The van der Waals surface area contributed by atoms with Crippen molar-refractivity contribution in [2.75, 3.05) is 0 Å². The third kappa shape index (κ3) is 4.68. The lowest BCUT2D eigenvalue weighted by Crippen LogP contribution is -2.24. The van der Waals surface area contributed by atoms with Gasteiger partial charge in [-0.05, 0) is 73.0 Å². The summed E-state index contributed by atoms with van der Waals surface area (Å²) in [4.78, 5) is 16.4. The van der Waals surface area contributed by atoms with E-state index in [1.165, 1.54) is 11.1 Å². The molecule has 0 radical (unpaired) electrons. The Morgan fingerprint density at radius 1 is 0.895 bits per heavy atom. The van der Waals surface area contributed by atoms with Crippen LogP contribution in [0.5, 0.6) is 5.75 Å². The molecule has 0 spiro atoms. The van der Waals surface area contributed by atoms with E-state index in [2.05, 4.69) is 95.7 Å². The molecule has 5 aromatic rings. The number of aromatic amines is 2. The van der Waals surface area contributed by atoms with E-state index in [0.29, 0.717) is 18.7 Å². The minimum Gasteiger partial charge on any atom is -0.488 e. The number of nitrogens with one attached hydrogen (secondary N) is 4. The zero-order chi connectivity index (χ0) is 26.2. The third-order valence-electron chi connectivity index (χ3n) is 7.80. The summed E-state index contributed by atoms with van der Waals surface area (Å²) in [6, 6.07) is 16.2. The first-order valence-electron chi connectivity index (χ1n) is 13.7. The molecule has 7 nitrogen and oxygen atoms in total. The van der Waals surface area contributed by atoms with Gasteiger partial charge in [-0.1, -0.05) is 32.0 Å². The first-order valence-corrected chi connectivity index (χ1v) is 13.7. The molecule has 0 fully saturated rings. The van der Waals surface area contributed by atoms with Crippen molar-refractivity contribution in [2.45, 2.75) is 72.3 Å². The molecule has 6 rings (SSSR count). The number of rotatable bonds is 9. The maximum Gasteiger partial charge on any atom is 0.128 e. The van der Waals surface area contributed by atoms with Crippen LogP contribution in [0.3, 0.4) is 0 Å². The standard InChI is InChI=1S/C31H36N6O/c1-5-18(3)32-15-29-34-14-27(36-29)21-7-9-23-22(11-21)17-38-28-13-24-20(12-25(23)28)8-10-26-31(24)37-30(35-26)16-33-19(4)6-2/h7-14,18-19,32-33H,5-6,15-17H2,1-4H3,(H,34,36)(H,35,37)/t18-,19-/m0/s1. The minimum atomic E-state index is 0.461. The molecule has 0 saturated heterocycles. The summed E-state index contributed by atoms with van der Waals surface area (Å²) in [5, 5.41) is 9.29. The van der Waals surface area contributed by atoms with Gasteiger partial charge in [-0.25, -0.2) is 9.97 Å². The summed E-state index contributed by atoms with van der Waals surface area (Å²) < 4.78 is 6.29. The Balaban J connectivity index is 1.29. The molecular formula is C31H36N6O. The molecule has 196 valence electrons. The molecule has 0 saturated carbocycles. The predicted octanol–water partition coefficient (Wildman–Crippen LogP) is 6.44. The van der Waals surface area contributed by atoms with E-state index >= 15 is 0 Å². The van der Waals surface area contributed by atoms with E-state index in [9.17, 15) is 0 Å². The van der Waals surface area contributed by atoms with Crippen LogP contribution in [0.4, 0.5) is 0 Å². The van der Waals surface area contributed by atoms with Crippen molar-refractivity contribution < 1.29 is 4.74 Å². The van der Waals surface area contributed by atoms with Gasteiger partial charge in [-0.3, -0.25) is 0 Å². The lowest BCUT2D eigenvalue weighted by molar-refractivity contribution is 0.303. The van der Waals surface area contributed by atoms with E-state index < -0.39 is 0 Å². The van der Waals surface area contributed by atoms with Crippen LogP contribution in [0.25, 0.3) is 44.2 Å². The number of hydrogen-bond acceptors (Lipinski definition) is 5. The van der Waals surface area contributed by atoms with Crippen molar-refractivity contribution in [1.82, 2.24) is 30.6 Å². The number of benzene rings is 3. The zero-order valence-electron chi connectivity index (χ0n) is 22.6. The van der Waals surface area contributed by atoms with Gasteiger partial charge < -0.3 is 25.3 Å². The minimum absolute atomic E-state index is 0.461. The third-order valence-corrected chi connectivity index (χ3v) is 7.80. The van der Waals surface area contributed by atoms with Gasteiger partial charge in [0.25, 0.3) is 0 Å². The number of nitrogens with zero attached hydrogens (tertiary/aromatic N) is 2. The highest BCUT2D eigenvalue weighted by Crippen LogP contribution is 2.42. The summed E-state index contributed by atoms with van der Waals surface area (Å²) in [6.45, 7) is 10.8. The van der Waals surface area contributed by atoms with Gasteiger partial charge in [0.05, 0.1) is 36.0 Å². The summed E-state index contributed by atoms with van der Waals surface area (Å²) >= 11 is 0. The molecule has 0 bridgehead atoms. The fraction of sp³-hybridized carbons (Fsp3) is 0.355. The molecule has 0 amide bonds. The number of aromatic nitrogens is 4. The maximum absolute atomic E-state index is 6.29. The highest BCUT2D eigenvalue weighted by Gasteiger charge is 2.20. The average Bonchev–Trinajstić information content (AvgIpc) is 3.60. The molecule has 1 aliphatic heterocycles. The Bertz CT molecular complexity index is 1600. The van der Waals surface area contributed by atoms with Gasteiger partial charge in [0, 0.05) is 23.0 Å². The monoisotopic (exact) mass is 508 g/mol. The fourth-order valence-corrected chi connectivity index (χ4v) is 5.02. The second-order valence-electron chi connectivity index (χ2n) is 10.5. The van der Waals surface area contributed by atoms with Crippen molar-refractivity contribution in [3.63, 3.8) is 0 Å². The molecule has 7 heteroatoms. The largest absolute Gasteiger partial charge is 0.488 e. The van der Waals surface area contributed by atoms with Gasteiger partial charge in [-0.2, -0.15) is 0 Å². The fourth-order valence-electron chi connectivity index (χ4n) is 5.02. The highest BCUT2D eigenvalue weighted by atomic mass is 16.5. The van der Waals surface area contributed by atoms with Crippen LogP contribution in [0, 0.1) is 0 Å². The highest BCUT2D eigenvalue weighted by molar-refractivity contribution is 6.07. The molecule has 3 aromatic carbocycles. The molecule has 1 aliphatic rings. The van der Waals surface area contributed by atoms with Gasteiger partial charge in [0.1, 0.15) is 24.0 Å². The number of ether oxygens (including phenoxy) is 1. The molecular weight excluding hydrogens is 472 g/mol. The van der Waals surface area contributed by atoms with Crippen LogP contribution in [-0.2, 0) is 19.7 Å². The zero-order valence-corrected chi connectivity index (χ0v) is 22.6. The lowest BCUT2D eigenvalue weighted by Gasteiger charge is -2.22. The second-order valence-corrected chi connectivity index (χ2v) is 10.5. The molecule has 2 atom stereocenters.